The highest BCUT2D eigenvalue weighted by Gasteiger charge is 2.08. The fourth-order valence-electron chi connectivity index (χ4n) is 1.85. The van der Waals surface area contributed by atoms with Crippen LogP contribution in [0.25, 0.3) is 11.5 Å². The molecule has 0 aliphatic rings. The fourth-order valence-corrected chi connectivity index (χ4v) is 1.85. The molecule has 104 valence electrons. The number of nitrogens with zero attached hydrogens (tertiary/aromatic N) is 3. The van der Waals surface area contributed by atoms with Crippen molar-refractivity contribution in [2.24, 2.45) is 13.0 Å². The number of hydrogen-bond acceptors (Lipinski definition) is 4. The van der Waals surface area contributed by atoms with E-state index in [0.29, 0.717) is 5.92 Å². The van der Waals surface area contributed by atoms with Crippen molar-refractivity contribution >= 4 is 0 Å². The molecule has 0 aliphatic heterocycles. The minimum Gasteiger partial charge on any atom is -0.439 e. The van der Waals surface area contributed by atoms with Crippen molar-refractivity contribution in [1.82, 2.24) is 20.1 Å². The lowest BCUT2D eigenvalue weighted by Gasteiger charge is -2.05. The van der Waals surface area contributed by atoms with Gasteiger partial charge in [-0.05, 0) is 31.5 Å². The van der Waals surface area contributed by atoms with Gasteiger partial charge in [0, 0.05) is 19.7 Å². The minimum absolute atomic E-state index is 0.692. The topological polar surface area (TPSA) is 55.9 Å². The third-order valence-corrected chi connectivity index (χ3v) is 2.82. The summed E-state index contributed by atoms with van der Waals surface area (Å²) in [5, 5.41) is 7.71. The van der Waals surface area contributed by atoms with Gasteiger partial charge < -0.3 is 9.73 Å². The number of nitrogens with one attached hydrogen (secondary N) is 1. The summed E-state index contributed by atoms with van der Waals surface area (Å²) < 4.78 is 7.45. The Morgan fingerprint density at radius 3 is 2.95 bits per heavy atom. The molecule has 0 saturated carbocycles. The van der Waals surface area contributed by atoms with Crippen molar-refractivity contribution in [3.63, 3.8) is 0 Å². The van der Waals surface area contributed by atoms with Gasteiger partial charge in [-0.1, -0.05) is 13.8 Å². The molecule has 0 aliphatic carbocycles. The van der Waals surface area contributed by atoms with Crippen molar-refractivity contribution in [1.29, 1.82) is 0 Å². The number of aromatic nitrogens is 3. The van der Waals surface area contributed by atoms with Crippen LogP contribution in [-0.4, -0.2) is 27.9 Å². The Labute approximate surface area is 114 Å². The average Bonchev–Trinajstić information content (AvgIpc) is 2.97. The lowest BCUT2D eigenvalue weighted by Crippen LogP contribution is -2.21. The second-order valence-corrected chi connectivity index (χ2v) is 5.19. The van der Waals surface area contributed by atoms with Crippen molar-refractivity contribution < 1.29 is 4.42 Å². The van der Waals surface area contributed by atoms with Crippen LogP contribution in [0.4, 0.5) is 0 Å². The van der Waals surface area contributed by atoms with E-state index in [1.165, 1.54) is 0 Å². The SMILES string of the molecule is CC(C)CNCCCc1ncc(-c2ccn(C)n2)o1. The smallest absolute Gasteiger partial charge is 0.195 e. The molecule has 0 amide bonds. The zero-order valence-corrected chi connectivity index (χ0v) is 11.9. The van der Waals surface area contributed by atoms with Gasteiger partial charge in [-0.3, -0.25) is 4.68 Å². The zero-order chi connectivity index (χ0) is 13.7. The van der Waals surface area contributed by atoms with E-state index in [2.05, 4.69) is 29.2 Å². The van der Waals surface area contributed by atoms with Crippen molar-refractivity contribution in [3.05, 3.63) is 24.4 Å². The van der Waals surface area contributed by atoms with E-state index in [1.807, 2.05) is 19.3 Å². The van der Waals surface area contributed by atoms with Crippen molar-refractivity contribution in [2.45, 2.75) is 26.7 Å². The summed E-state index contributed by atoms with van der Waals surface area (Å²) in [6.45, 7) is 6.48. The lowest BCUT2D eigenvalue weighted by molar-refractivity contribution is 0.482. The van der Waals surface area contributed by atoms with Crippen LogP contribution in [0, 0.1) is 5.92 Å². The molecule has 2 rings (SSSR count). The van der Waals surface area contributed by atoms with Crippen LogP contribution in [-0.2, 0) is 13.5 Å². The maximum absolute atomic E-state index is 5.70. The zero-order valence-electron chi connectivity index (χ0n) is 11.9. The Morgan fingerprint density at radius 1 is 1.42 bits per heavy atom. The van der Waals surface area contributed by atoms with Gasteiger partial charge in [0.25, 0.3) is 0 Å². The Kier molecular flexibility index (Phi) is 4.74. The third-order valence-electron chi connectivity index (χ3n) is 2.82. The fraction of sp³-hybridized carbons (Fsp3) is 0.571. The molecule has 5 heteroatoms. The van der Waals surface area contributed by atoms with Gasteiger partial charge >= 0.3 is 0 Å². The molecule has 2 aromatic heterocycles. The van der Waals surface area contributed by atoms with Crippen molar-refractivity contribution in [2.75, 3.05) is 13.1 Å². The van der Waals surface area contributed by atoms with Crippen LogP contribution in [0.5, 0.6) is 0 Å². The molecule has 2 aromatic rings. The second kappa shape index (κ2) is 6.52. The number of rotatable bonds is 7. The molecule has 0 unspecified atom stereocenters. The predicted molar refractivity (Wildman–Crippen MR) is 74.7 cm³/mol. The van der Waals surface area contributed by atoms with Gasteiger partial charge in [0.1, 0.15) is 5.69 Å². The number of oxazole rings is 1. The molecule has 0 bridgehead atoms. The maximum Gasteiger partial charge on any atom is 0.195 e. The van der Waals surface area contributed by atoms with E-state index < -0.39 is 0 Å². The Bertz CT molecular complexity index is 501. The molecule has 5 nitrogen and oxygen atoms in total. The molecule has 0 radical (unpaired) electrons. The lowest BCUT2D eigenvalue weighted by atomic mass is 10.2. The molecular weight excluding hydrogens is 240 g/mol. The monoisotopic (exact) mass is 262 g/mol. The molecule has 0 spiro atoms. The van der Waals surface area contributed by atoms with Gasteiger partial charge in [0.05, 0.1) is 6.20 Å². The van der Waals surface area contributed by atoms with Gasteiger partial charge in [0.2, 0.25) is 0 Å². The van der Waals surface area contributed by atoms with Gasteiger partial charge in [-0.25, -0.2) is 4.98 Å². The summed E-state index contributed by atoms with van der Waals surface area (Å²) in [7, 11) is 1.89. The van der Waals surface area contributed by atoms with E-state index in [4.69, 9.17) is 4.42 Å². The van der Waals surface area contributed by atoms with E-state index >= 15 is 0 Å². The maximum atomic E-state index is 5.70. The largest absolute Gasteiger partial charge is 0.439 e. The van der Waals surface area contributed by atoms with Crippen LogP contribution < -0.4 is 5.32 Å². The first-order valence-electron chi connectivity index (χ1n) is 6.80. The molecule has 1 N–H and O–H groups in total. The van der Waals surface area contributed by atoms with Gasteiger partial charge in [0.15, 0.2) is 11.7 Å². The number of aryl methyl sites for hydroxylation is 2. The molecular formula is C14H22N4O. The highest BCUT2D eigenvalue weighted by molar-refractivity contribution is 5.49. The van der Waals surface area contributed by atoms with Crippen LogP contribution in [0.15, 0.2) is 22.9 Å². The Morgan fingerprint density at radius 2 is 2.26 bits per heavy atom. The molecule has 0 aromatic carbocycles. The van der Waals surface area contributed by atoms with Gasteiger partial charge in [-0.15, -0.1) is 0 Å². The van der Waals surface area contributed by atoms with Crippen LogP contribution in [0.3, 0.4) is 0 Å². The molecule has 0 atom stereocenters. The second-order valence-electron chi connectivity index (χ2n) is 5.19. The molecule has 2 heterocycles. The average molecular weight is 262 g/mol. The van der Waals surface area contributed by atoms with E-state index in [9.17, 15) is 0 Å². The Hall–Kier alpha value is -1.62. The first-order chi connectivity index (χ1) is 9.15. The van der Waals surface area contributed by atoms with Crippen molar-refractivity contribution in [3.8, 4) is 11.5 Å². The summed E-state index contributed by atoms with van der Waals surface area (Å²) in [5.74, 6) is 2.22. The molecule has 0 fully saturated rings. The van der Waals surface area contributed by atoms with Gasteiger partial charge in [-0.2, -0.15) is 5.10 Å². The van der Waals surface area contributed by atoms with E-state index in [1.54, 1.807) is 10.9 Å². The summed E-state index contributed by atoms with van der Waals surface area (Å²) in [5.41, 5.74) is 0.833. The summed E-state index contributed by atoms with van der Waals surface area (Å²) in [4.78, 5) is 4.29. The summed E-state index contributed by atoms with van der Waals surface area (Å²) in [6.07, 6.45) is 5.54. The normalized spacial score (nSPS) is 11.4. The quantitative estimate of drug-likeness (QED) is 0.778. The minimum atomic E-state index is 0.692. The van der Waals surface area contributed by atoms with Crippen LogP contribution in [0.1, 0.15) is 26.2 Å². The first-order valence-corrected chi connectivity index (χ1v) is 6.80. The summed E-state index contributed by atoms with van der Waals surface area (Å²) >= 11 is 0. The molecule has 19 heavy (non-hydrogen) atoms. The van der Waals surface area contributed by atoms with Crippen LogP contribution in [0.2, 0.25) is 0 Å². The summed E-state index contributed by atoms with van der Waals surface area (Å²) in [6, 6.07) is 1.93. The highest BCUT2D eigenvalue weighted by atomic mass is 16.4. The predicted octanol–water partition coefficient (Wildman–Crippen LogP) is 2.25. The van der Waals surface area contributed by atoms with Crippen LogP contribution >= 0.6 is 0 Å². The van der Waals surface area contributed by atoms with E-state index in [0.717, 1.165) is 43.3 Å². The Balaban J connectivity index is 1.78. The third kappa shape index (κ3) is 4.21. The number of hydrogen-bond donors (Lipinski definition) is 1. The standard InChI is InChI=1S/C14H22N4O/c1-11(2)9-15-7-4-5-14-16-10-13(19-14)12-6-8-18(3)17-12/h6,8,10-11,15H,4-5,7,9H2,1-3H3. The first kappa shape index (κ1) is 13.8. The highest BCUT2D eigenvalue weighted by Crippen LogP contribution is 2.18. The van der Waals surface area contributed by atoms with E-state index in [-0.39, 0.29) is 0 Å². The molecule has 0 saturated heterocycles.